The summed E-state index contributed by atoms with van der Waals surface area (Å²) in [5.41, 5.74) is 2.98. The third-order valence-electron chi connectivity index (χ3n) is 6.09. The summed E-state index contributed by atoms with van der Waals surface area (Å²) in [4.78, 5) is 7.49. The molecule has 0 spiro atoms. The molecule has 2 atom stereocenters. The van der Waals surface area contributed by atoms with E-state index in [9.17, 15) is 0 Å². The Hall–Kier alpha value is -1.63. The zero-order chi connectivity index (χ0) is 21.0. The summed E-state index contributed by atoms with van der Waals surface area (Å²) in [5.74, 6) is 1.50. The van der Waals surface area contributed by atoms with Gasteiger partial charge in [0.2, 0.25) is 0 Å². The Bertz CT molecular complexity index is 646. The van der Waals surface area contributed by atoms with E-state index in [-0.39, 0.29) is 0 Å². The van der Waals surface area contributed by atoms with Crippen molar-refractivity contribution in [2.45, 2.75) is 52.1 Å². The van der Waals surface area contributed by atoms with Crippen LogP contribution in [0.5, 0.6) is 0 Å². The Morgan fingerprint density at radius 1 is 1.27 bits per heavy atom. The number of aliphatic imine (C=N–C) groups is 1. The van der Waals surface area contributed by atoms with Gasteiger partial charge in [-0.3, -0.25) is 9.89 Å². The van der Waals surface area contributed by atoms with E-state index in [1.165, 1.54) is 11.1 Å². The van der Waals surface area contributed by atoms with Crippen LogP contribution in [0.15, 0.2) is 29.3 Å². The average molecular weight is 417 g/mol. The standard InChI is InChI=1S/C24H40N4O2/c1-3-23(28-13-10-21-8-5-6-9-22(21)17-28)16-27-24(25-4-2)26-12-7-14-29-18-20-11-15-30-19-20/h5-6,8-9,20,23H,3-4,7,10-19H2,1-2H3,(H2,25,26,27). The van der Waals surface area contributed by atoms with Crippen molar-refractivity contribution >= 4 is 5.96 Å². The van der Waals surface area contributed by atoms with Gasteiger partial charge in [-0.05, 0) is 43.7 Å². The zero-order valence-electron chi connectivity index (χ0n) is 18.9. The Morgan fingerprint density at radius 2 is 2.13 bits per heavy atom. The smallest absolute Gasteiger partial charge is 0.191 e. The van der Waals surface area contributed by atoms with Gasteiger partial charge in [-0.1, -0.05) is 31.2 Å². The number of rotatable bonds is 11. The number of benzene rings is 1. The van der Waals surface area contributed by atoms with Crippen LogP contribution >= 0.6 is 0 Å². The van der Waals surface area contributed by atoms with Crippen LogP contribution in [-0.4, -0.2) is 69.5 Å². The van der Waals surface area contributed by atoms with Gasteiger partial charge in [-0.15, -0.1) is 0 Å². The molecule has 1 aromatic carbocycles. The van der Waals surface area contributed by atoms with Crippen molar-refractivity contribution < 1.29 is 9.47 Å². The van der Waals surface area contributed by atoms with E-state index in [1.54, 1.807) is 0 Å². The van der Waals surface area contributed by atoms with E-state index in [0.717, 1.165) is 90.8 Å². The van der Waals surface area contributed by atoms with Gasteiger partial charge in [-0.25, -0.2) is 0 Å². The Labute approximate surface area is 182 Å². The van der Waals surface area contributed by atoms with Crippen molar-refractivity contribution in [3.63, 3.8) is 0 Å². The molecule has 30 heavy (non-hydrogen) atoms. The summed E-state index contributed by atoms with van der Waals surface area (Å²) < 4.78 is 11.2. The summed E-state index contributed by atoms with van der Waals surface area (Å²) in [6.45, 7) is 12.5. The molecular formula is C24H40N4O2. The lowest BCUT2D eigenvalue weighted by Gasteiger charge is -2.34. The van der Waals surface area contributed by atoms with Crippen LogP contribution in [-0.2, 0) is 22.4 Å². The van der Waals surface area contributed by atoms with Gasteiger partial charge in [0.15, 0.2) is 5.96 Å². The van der Waals surface area contributed by atoms with Gasteiger partial charge < -0.3 is 20.1 Å². The van der Waals surface area contributed by atoms with Gasteiger partial charge >= 0.3 is 0 Å². The van der Waals surface area contributed by atoms with Crippen LogP contribution in [0.2, 0.25) is 0 Å². The fraction of sp³-hybridized carbons (Fsp3) is 0.708. The molecule has 0 bridgehead atoms. The minimum absolute atomic E-state index is 0.478. The topological polar surface area (TPSA) is 58.1 Å². The van der Waals surface area contributed by atoms with Crippen LogP contribution in [0.1, 0.15) is 44.2 Å². The molecule has 2 unspecified atom stereocenters. The van der Waals surface area contributed by atoms with Gasteiger partial charge in [0, 0.05) is 51.4 Å². The number of nitrogens with zero attached hydrogens (tertiary/aromatic N) is 2. The van der Waals surface area contributed by atoms with Crippen LogP contribution in [0.25, 0.3) is 0 Å². The number of ether oxygens (including phenoxy) is 2. The highest BCUT2D eigenvalue weighted by Gasteiger charge is 2.22. The number of guanidine groups is 1. The minimum Gasteiger partial charge on any atom is -0.381 e. The van der Waals surface area contributed by atoms with E-state index in [0.29, 0.717) is 12.0 Å². The number of nitrogens with one attached hydrogen (secondary N) is 2. The first kappa shape index (κ1) is 23.0. The second kappa shape index (κ2) is 12.9. The largest absolute Gasteiger partial charge is 0.381 e. The lowest BCUT2D eigenvalue weighted by atomic mass is 9.98. The lowest BCUT2D eigenvalue weighted by molar-refractivity contribution is 0.0888. The van der Waals surface area contributed by atoms with E-state index in [2.05, 4.69) is 53.6 Å². The molecule has 1 fully saturated rings. The molecule has 2 aliphatic heterocycles. The first-order chi connectivity index (χ1) is 14.8. The van der Waals surface area contributed by atoms with Crippen molar-refractivity contribution in [2.24, 2.45) is 10.9 Å². The maximum Gasteiger partial charge on any atom is 0.191 e. The first-order valence-corrected chi connectivity index (χ1v) is 11.8. The molecular weight excluding hydrogens is 376 g/mol. The Morgan fingerprint density at radius 3 is 2.90 bits per heavy atom. The highest BCUT2D eigenvalue weighted by molar-refractivity contribution is 5.79. The van der Waals surface area contributed by atoms with Gasteiger partial charge in [0.05, 0.1) is 19.8 Å². The molecule has 2 heterocycles. The fourth-order valence-electron chi connectivity index (χ4n) is 4.22. The van der Waals surface area contributed by atoms with Crippen LogP contribution in [0, 0.1) is 5.92 Å². The van der Waals surface area contributed by atoms with Crippen molar-refractivity contribution in [2.75, 3.05) is 52.6 Å². The summed E-state index contributed by atoms with van der Waals surface area (Å²) in [6, 6.07) is 9.32. The quantitative estimate of drug-likeness (QED) is 0.330. The predicted octanol–water partition coefficient (Wildman–Crippen LogP) is 2.82. The maximum absolute atomic E-state index is 5.80. The molecule has 1 saturated heterocycles. The molecule has 2 N–H and O–H groups in total. The van der Waals surface area contributed by atoms with E-state index >= 15 is 0 Å². The molecule has 0 saturated carbocycles. The number of hydrogen-bond acceptors (Lipinski definition) is 4. The molecule has 6 heteroatoms. The van der Waals surface area contributed by atoms with Crippen molar-refractivity contribution in [3.05, 3.63) is 35.4 Å². The molecule has 0 aliphatic carbocycles. The monoisotopic (exact) mass is 416 g/mol. The third kappa shape index (κ3) is 7.25. The Balaban J connectivity index is 1.40. The molecule has 2 aliphatic rings. The van der Waals surface area contributed by atoms with E-state index in [1.807, 2.05) is 0 Å². The van der Waals surface area contributed by atoms with E-state index in [4.69, 9.17) is 14.5 Å². The molecule has 3 rings (SSSR count). The first-order valence-electron chi connectivity index (χ1n) is 11.8. The molecule has 0 aromatic heterocycles. The fourth-order valence-corrected chi connectivity index (χ4v) is 4.22. The van der Waals surface area contributed by atoms with Crippen molar-refractivity contribution in [3.8, 4) is 0 Å². The van der Waals surface area contributed by atoms with Crippen LogP contribution in [0.4, 0.5) is 0 Å². The minimum atomic E-state index is 0.478. The Kier molecular flexibility index (Phi) is 9.93. The molecule has 1 aromatic rings. The highest BCUT2D eigenvalue weighted by Crippen LogP contribution is 2.21. The van der Waals surface area contributed by atoms with Crippen molar-refractivity contribution in [1.29, 1.82) is 0 Å². The third-order valence-corrected chi connectivity index (χ3v) is 6.09. The summed E-state index contributed by atoms with van der Waals surface area (Å²) in [7, 11) is 0. The SMILES string of the molecule is CCNC(=NCC(CC)N1CCc2ccccc2C1)NCCCOCC1CCOC1. The van der Waals surface area contributed by atoms with Crippen LogP contribution in [0.3, 0.4) is 0 Å². The molecule has 168 valence electrons. The lowest BCUT2D eigenvalue weighted by Crippen LogP contribution is -2.43. The summed E-state index contributed by atoms with van der Waals surface area (Å²) in [6.07, 6.45) is 4.38. The normalized spacial score (nSPS) is 20.7. The van der Waals surface area contributed by atoms with Gasteiger partial charge in [0.1, 0.15) is 0 Å². The van der Waals surface area contributed by atoms with Gasteiger partial charge in [-0.2, -0.15) is 0 Å². The average Bonchev–Trinajstić information content (AvgIpc) is 3.30. The summed E-state index contributed by atoms with van der Waals surface area (Å²) >= 11 is 0. The number of fused-ring (bicyclic) bond motifs is 1. The molecule has 0 radical (unpaired) electrons. The molecule has 0 amide bonds. The van der Waals surface area contributed by atoms with Crippen LogP contribution < -0.4 is 10.6 Å². The molecule has 6 nitrogen and oxygen atoms in total. The predicted molar refractivity (Wildman–Crippen MR) is 123 cm³/mol. The number of hydrogen-bond donors (Lipinski definition) is 2. The zero-order valence-corrected chi connectivity index (χ0v) is 18.9. The second-order valence-electron chi connectivity index (χ2n) is 8.36. The van der Waals surface area contributed by atoms with Gasteiger partial charge in [0.25, 0.3) is 0 Å². The maximum atomic E-state index is 5.80. The summed E-state index contributed by atoms with van der Waals surface area (Å²) in [5, 5.41) is 6.84. The highest BCUT2D eigenvalue weighted by atomic mass is 16.5. The van der Waals surface area contributed by atoms with E-state index < -0.39 is 0 Å². The van der Waals surface area contributed by atoms with Crippen molar-refractivity contribution in [1.82, 2.24) is 15.5 Å². The second-order valence-corrected chi connectivity index (χ2v) is 8.36.